The van der Waals surface area contributed by atoms with Gasteiger partial charge in [0, 0.05) is 19.6 Å². The summed E-state index contributed by atoms with van der Waals surface area (Å²) in [5.41, 5.74) is 0. The predicted octanol–water partition coefficient (Wildman–Crippen LogP) is 2.63. The molecule has 140 valence electrons. The minimum Gasteiger partial charge on any atom is -0.486 e. The highest BCUT2D eigenvalue weighted by Crippen LogP contribution is 2.18. The molecule has 25 heavy (non-hydrogen) atoms. The standard InChI is InChI=1S/C19H31FN4O/c1-4-16(25-18-11-7-6-10-17(18)20)14-23-19(21-3)22-13-15-9-8-12-24(15)5-2/h6-7,10-11,15-16H,4-5,8-9,12-14H2,1-3H3,(H2,21,22,23). The number of likely N-dealkylation sites (N-methyl/N-ethyl adjacent to an activating group) is 1. The lowest BCUT2D eigenvalue weighted by molar-refractivity contribution is 0.191. The van der Waals surface area contributed by atoms with Gasteiger partial charge in [0.2, 0.25) is 0 Å². The number of guanidine groups is 1. The van der Waals surface area contributed by atoms with Crippen LogP contribution in [-0.2, 0) is 0 Å². The lowest BCUT2D eigenvalue weighted by Gasteiger charge is -2.24. The molecule has 5 nitrogen and oxygen atoms in total. The van der Waals surface area contributed by atoms with Gasteiger partial charge in [-0.15, -0.1) is 0 Å². The van der Waals surface area contributed by atoms with E-state index in [4.69, 9.17) is 4.74 Å². The first-order valence-corrected chi connectivity index (χ1v) is 9.27. The van der Waals surface area contributed by atoms with Gasteiger partial charge in [0.05, 0.1) is 6.54 Å². The lowest BCUT2D eigenvalue weighted by atomic mass is 10.2. The van der Waals surface area contributed by atoms with Crippen molar-refractivity contribution in [2.75, 3.05) is 33.2 Å². The van der Waals surface area contributed by atoms with Gasteiger partial charge in [-0.2, -0.15) is 0 Å². The largest absolute Gasteiger partial charge is 0.486 e. The fourth-order valence-electron chi connectivity index (χ4n) is 3.18. The molecule has 1 aromatic carbocycles. The Labute approximate surface area is 150 Å². The Morgan fingerprint density at radius 3 is 2.84 bits per heavy atom. The first-order valence-electron chi connectivity index (χ1n) is 9.27. The minimum atomic E-state index is -0.329. The molecule has 0 spiro atoms. The number of halogens is 1. The van der Waals surface area contributed by atoms with Gasteiger partial charge in [-0.3, -0.25) is 9.89 Å². The molecule has 0 radical (unpaired) electrons. The second-order valence-corrected chi connectivity index (χ2v) is 6.34. The molecule has 2 rings (SSSR count). The molecule has 0 aliphatic carbocycles. The summed E-state index contributed by atoms with van der Waals surface area (Å²) in [7, 11) is 1.76. The Hall–Kier alpha value is -1.82. The Bertz CT molecular complexity index is 552. The number of likely N-dealkylation sites (tertiary alicyclic amines) is 1. The average Bonchev–Trinajstić information content (AvgIpc) is 3.09. The first-order chi connectivity index (χ1) is 12.2. The molecule has 0 aromatic heterocycles. The van der Waals surface area contributed by atoms with Crippen molar-refractivity contribution in [3.8, 4) is 5.75 Å². The van der Waals surface area contributed by atoms with Crippen LogP contribution in [0.2, 0.25) is 0 Å². The number of ether oxygens (including phenoxy) is 1. The van der Waals surface area contributed by atoms with Crippen molar-refractivity contribution in [2.24, 2.45) is 4.99 Å². The minimum absolute atomic E-state index is 0.117. The number of hydrogen-bond donors (Lipinski definition) is 2. The molecule has 2 unspecified atom stereocenters. The summed E-state index contributed by atoms with van der Waals surface area (Å²) in [5, 5.41) is 6.69. The molecule has 0 amide bonds. The SMILES string of the molecule is CCC(CNC(=NC)NCC1CCCN1CC)Oc1ccccc1F. The maximum Gasteiger partial charge on any atom is 0.191 e. The number of para-hydroxylation sites is 1. The highest BCUT2D eigenvalue weighted by molar-refractivity contribution is 5.79. The number of benzene rings is 1. The average molecular weight is 350 g/mol. The quantitative estimate of drug-likeness (QED) is 0.559. The van der Waals surface area contributed by atoms with Crippen LogP contribution in [0.1, 0.15) is 33.1 Å². The summed E-state index contributed by atoms with van der Waals surface area (Å²) in [6.45, 7) is 7.97. The molecule has 1 aromatic rings. The highest BCUT2D eigenvalue weighted by atomic mass is 19.1. The van der Waals surface area contributed by atoms with E-state index in [1.54, 1.807) is 25.2 Å². The number of rotatable bonds is 8. The van der Waals surface area contributed by atoms with Crippen molar-refractivity contribution in [3.05, 3.63) is 30.1 Å². The van der Waals surface area contributed by atoms with Gasteiger partial charge in [0.15, 0.2) is 17.5 Å². The van der Waals surface area contributed by atoms with Crippen LogP contribution >= 0.6 is 0 Å². The van der Waals surface area contributed by atoms with Crippen LogP contribution in [0.25, 0.3) is 0 Å². The van der Waals surface area contributed by atoms with E-state index in [0.717, 1.165) is 25.5 Å². The van der Waals surface area contributed by atoms with Crippen LogP contribution in [0.15, 0.2) is 29.3 Å². The molecule has 0 bridgehead atoms. The molecule has 1 aliphatic rings. The third-order valence-electron chi connectivity index (χ3n) is 4.72. The summed E-state index contributed by atoms with van der Waals surface area (Å²) in [4.78, 5) is 6.77. The molecule has 1 fully saturated rings. The van der Waals surface area contributed by atoms with E-state index in [9.17, 15) is 4.39 Å². The van der Waals surface area contributed by atoms with Crippen molar-refractivity contribution >= 4 is 5.96 Å². The molecular formula is C19H31FN4O. The third-order valence-corrected chi connectivity index (χ3v) is 4.72. The topological polar surface area (TPSA) is 48.9 Å². The normalized spacial score (nSPS) is 19.7. The smallest absolute Gasteiger partial charge is 0.191 e. The molecular weight excluding hydrogens is 319 g/mol. The Morgan fingerprint density at radius 2 is 2.16 bits per heavy atom. The summed E-state index contributed by atoms with van der Waals surface area (Å²) in [6, 6.07) is 7.08. The maximum absolute atomic E-state index is 13.7. The van der Waals surface area contributed by atoms with Crippen molar-refractivity contribution < 1.29 is 9.13 Å². The molecule has 1 heterocycles. The van der Waals surface area contributed by atoms with Gasteiger partial charge >= 0.3 is 0 Å². The van der Waals surface area contributed by atoms with E-state index in [1.807, 2.05) is 6.92 Å². The van der Waals surface area contributed by atoms with E-state index in [0.29, 0.717) is 18.3 Å². The molecule has 2 atom stereocenters. The van der Waals surface area contributed by atoms with Crippen LogP contribution < -0.4 is 15.4 Å². The van der Waals surface area contributed by atoms with Gasteiger partial charge in [-0.25, -0.2) is 4.39 Å². The Balaban J connectivity index is 1.79. The molecule has 6 heteroatoms. The zero-order chi connectivity index (χ0) is 18.1. The van der Waals surface area contributed by atoms with E-state index < -0.39 is 0 Å². The van der Waals surface area contributed by atoms with Crippen molar-refractivity contribution in [1.82, 2.24) is 15.5 Å². The van der Waals surface area contributed by atoms with Gasteiger partial charge in [0.1, 0.15) is 6.10 Å². The monoisotopic (exact) mass is 350 g/mol. The summed E-state index contributed by atoms with van der Waals surface area (Å²) < 4.78 is 19.5. The third kappa shape index (κ3) is 5.88. The van der Waals surface area contributed by atoms with E-state index in [1.165, 1.54) is 25.5 Å². The van der Waals surface area contributed by atoms with Crippen LogP contribution in [0.3, 0.4) is 0 Å². The zero-order valence-corrected chi connectivity index (χ0v) is 15.6. The van der Waals surface area contributed by atoms with Crippen molar-refractivity contribution in [2.45, 2.75) is 45.3 Å². The Morgan fingerprint density at radius 1 is 1.36 bits per heavy atom. The lowest BCUT2D eigenvalue weighted by Crippen LogP contribution is -2.47. The van der Waals surface area contributed by atoms with Gasteiger partial charge in [-0.1, -0.05) is 26.0 Å². The fraction of sp³-hybridized carbons (Fsp3) is 0.632. The molecule has 1 saturated heterocycles. The summed E-state index contributed by atoms with van der Waals surface area (Å²) in [5.74, 6) is 0.728. The maximum atomic E-state index is 13.7. The van der Waals surface area contributed by atoms with E-state index >= 15 is 0 Å². The van der Waals surface area contributed by atoms with E-state index in [-0.39, 0.29) is 11.9 Å². The number of hydrogen-bond acceptors (Lipinski definition) is 3. The second kappa shape index (κ2) is 10.2. The van der Waals surface area contributed by atoms with Crippen LogP contribution in [0.4, 0.5) is 4.39 Å². The predicted molar refractivity (Wildman–Crippen MR) is 101 cm³/mol. The second-order valence-electron chi connectivity index (χ2n) is 6.34. The number of aliphatic imine (C=N–C) groups is 1. The van der Waals surface area contributed by atoms with Gasteiger partial charge < -0.3 is 15.4 Å². The van der Waals surface area contributed by atoms with Crippen molar-refractivity contribution in [3.63, 3.8) is 0 Å². The zero-order valence-electron chi connectivity index (χ0n) is 15.6. The molecule has 2 N–H and O–H groups in total. The van der Waals surface area contributed by atoms with Crippen LogP contribution in [0, 0.1) is 5.82 Å². The molecule has 1 aliphatic heterocycles. The Kier molecular flexibility index (Phi) is 7.98. The summed E-state index contributed by atoms with van der Waals surface area (Å²) >= 11 is 0. The van der Waals surface area contributed by atoms with Crippen LogP contribution in [-0.4, -0.2) is 56.2 Å². The highest BCUT2D eigenvalue weighted by Gasteiger charge is 2.22. The number of nitrogens with one attached hydrogen (secondary N) is 2. The van der Waals surface area contributed by atoms with Gasteiger partial charge in [0.25, 0.3) is 0 Å². The fourth-order valence-corrected chi connectivity index (χ4v) is 3.18. The first kappa shape index (κ1) is 19.5. The number of nitrogens with zero attached hydrogens (tertiary/aromatic N) is 2. The van der Waals surface area contributed by atoms with E-state index in [2.05, 4.69) is 27.4 Å². The summed E-state index contributed by atoms with van der Waals surface area (Å²) in [6.07, 6.45) is 3.16. The van der Waals surface area contributed by atoms with Gasteiger partial charge in [-0.05, 0) is 44.5 Å². The molecule has 0 saturated carbocycles. The van der Waals surface area contributed by atoms with Crippen molar-refractivity contribution in [1.29, 1.82) is 0 Å². The van der Waals surface area contributed by atoms with Crippen LogP contribution in [0.5, 0.6) is 5.75 Å².